The van der Waals surface area contributed by atoms with Crippen LogP contribution in [0.25, 0.3) is 0 Å². The fourth-order valence-corrected chi connectivity index (χ4v) is 0.334. The van der Waals surface area contributed by atoms with Crippen molar-refractivity contribution in [3.05, 3.63) is 0 Å². The molecule has 0 heterocycles. The van der Waals surface area contributed by atoms with E-state index in [9.17, 15) is 4.79 Å². The van der Waals surface area contributed by atoms with E-state index in [2.05, 4.69) is 24.8 Å². The molecular weight excluding hydrogens is 128 g/mol. The molecule has 7 heavy (non-hydrogen) atoms. The summed E-state index contributed by atoms with van der Waals surface area (Å²) in [6, 6.07) is 0. The molecule has 0 aromatic carbocycles. The normalized spacial score (nSPS) is 8.29. The van der Waals surface area contributed by atoms with Crippen molar-refractivity contribution in [2.24, 2.45) is 0 Å². The monoisotopic (exact) mass is 134 g/mol. The molecule has 1 nitrogen and oxygen atoms in total. The first-order chi connectivity index (χ1) is 3.18. The SMILES string of the molecule is CC(=O)C(=S)CS. The lowest BCUT2D eigenvalue weighted by molar-refractivity contribution is -0.110. The fraction of sp³-hybridized carbons (Fsp3) is 0.500. The second-order valence-corrected chi connectivity index (χ2v) is 1.95. The summed E-state index contributed by atoms with van der Waals surface area (Å²) in [5.74, 6) is 0.343. The third-order valence-corrected chi connectivity index (χ3v) is 1.50. The number of thiocarbonyl (C=S) groups is 1. The first-order valence-electron chi connectivity index (χ1n) is 1.83. The number of hydrogen-bond acceptors (Lipinski definition) is 3. The average molecular weight is 134 g/mol. The number of Topliss-reactive ketones (excluding diaryl/α,β-unsaturated/α-hetero) is 1. The van der Waals surface area contributed by atoms with Crippen LogP contribution in [0.3, 0.4) is 0 Å². The summed E-state index contributed by atoms with van der Waals surface area (Å²) < 4.78 is 0. The van der Waals surface area contributed by atoms with E-state index >= 15 is 0 Å². The number of hydrogen-bond donors (Lipinski definition) is 1. The van der Waals surface area contributed by atoms with E-state index < -0.39 is 0 Å². The molecule has 0 aromatic heterocycles. The molecule has 0 aliphatic carbocycles. The third-order valence-electron chi connectivity index (χ3n) is 0.536. The molecule has 0 fully saturated rings. The van der Waals surface area contributed by atoms with E-state index in [0.29, 0.717) is 10.6 Å². The molecular formula is C4H6OS2. The van der Waals surface area contributed by atoms with Gasteiger partial charge in [0.05, 0.1) is 4.86 Å². The van der Waals surface area contributed by atoms with Crippen LogP contribution in [0.5, 0.6) is 0 Å². The summed E-state index contributed by atoms with van der Waals surface area (Å²) in [6.07, 6.45) is 0. The van der Waals surface area contributed by atoms with Gasteiger partial charge in [0.1, 0.15) is 0 Å². The van der Waals surface area contributed by atoms with Crippen LogP contribution >= 0.6 is 24.8 Å². The Hall–Kier alpha value is 0.110. The Morgan fingerprint density at radius 3 is 2.29 bits per heavy atom. The molecule has 0 N–H and O–H groups in total. The minimum absolute atomic E-state index is 0.0509. The summed E-state index contributed by atoms with van der Waals surface area (Å²) in [5, 5.41) is 0. The zero-order chi connectivity index (χ0) is 5.86. The molecule has 0 spiro atoms. The molecule has 0 rings (SSSR count). The predicted octanol–water partition coefficient (Wildman–Crippen LogP) is 0.875. The van der Waals surface area contributed by atoms with Gasteiger partial charge in [0.15, 0.2) is 5.78 Å². The Morgan fingerprint density at radius 1 is 1.86 bits per heavy atom. The van der Waals surface area contributed by atoms with Crippen molar-refractivity contribution in [3.63, 3.8) is 0 Å². The molecule has 0 bridgehead atoms. The van der Waals surface area contributed by atoms with Crippen molar-refractivity contribution in [3.8, 4) is 0 Å². The van der Waals surface area contributed by atoms with E-state index in [1.54, 1.807) is 0 Å². The summed E-state index contributed by atoms with van der Waals surface area (Å²) in [7, 11) is 0. The molecule has 0 saturated heterocycles. The minimum Gasteiger partial charge on any atom is -0.294 e. The first-order valence-corrected chi connectivity index (χ1v) is 2.87. The van der Waals surface area contributed by atoms with Crippen LogP contribution in [0.15, 0.2) is 0 Å². The highest BCUT2D eigenvalue weighted by molar-refractivity contribution is 7.87. The van der Waals surface area contributed by atoms with E-state index in [1.165, 1.54) is 6.92 Å². The Balaban J connectivity index is 3.58. The van der Waals surface area contributed by atoms with Crippen LogP contribution in [-0.2, 0) is 4.79 Å². The van der Waals surface area contributed by atoms with Crippen molar-refractivity contribution in [1.82, 2.24) is 0 Å². The minimum atomic E-state index is -0.0509. The number of ketones is 1. The van der Waals surface area contributed by atoms with E-state index in [4.69, 9.17) is 0 Å². The van der Waals surface area contributed by atoms with Crippen molar-refractivity contribution in [2.45, 2.75) is 6.92 Å². The largest absolute Gasteiger partial charge is 0.294 e. The van der Waals surface area contributed by atoms with Crippen LogP contribution in [0.1, 0.15) is 6.92 Å². The van der Waals surface area contributed by atoms with Gasteiger partial charge in [0.25, 0.3) is 0 Å². The lowest BCUT2D eigenvalue weighted by Crippen LogP contribution is -2.06. The van der Waals surface area contributed by atoms with Gasteiger partial charge in [-0.15, -0.1) is 0 Å². The summed E-state index contributed by atoms with van der Waals surface area (Å²) in [4.78, 5) is 10.6. The van der Waals surface area contributed by atoms with Crippen LogP contribution < -0.4 is 0 Å². The Morgan fingerprint density at radius 2 is 2.29 bits per heavy atom. The topological polar surface area (TPSA) is 17.1 Å². The lowest BCUT2D eigenvalue weighted by Gasteiger charge is -1.85. The van der Waals surface area contributed by atoms with Crippen molar-refractivity contribution in [1.29, 1.82) is 0 Å². The maximum atomic E-state index is 10.2. The second-order valence-electron chi connectivity index (χ2n) is 1.14. The maximum absolute atomic E-state index is 10.2. The van der Waals surface area contributed by atoms with Gasteiger partial charge in [-0.1, -0.05) is 12.2 Å². The molecule has 0 amide bonds. The van der Waals surface area contributed by atoms with Gasteiger partial charge < -0.3 is 0 Å². The second kappa shape index (κ2) is 3.16. The zero-order valence-electron chi connectivity index (χ0n) is 3.97. The van der Waals surface area contributed by atoms with E-state index in [1.807, 2.05) is 0 Å². The molecule has 3 heteroatoms. The van der Waals surface area contributed by atoms with Crippen molar-refractivity contribution < 1.29 is 4.79 Å². The van der Waals surface area contributed by atoms with Crippen LogP contribution in [0, 0.1) is 0 Å². The Labute approximate surface area is 53.5 Å². The quantitative estimate of drug-likeness (QED) is 0.446. The van der Waals surface area contributed by atoms with Crippen molar-refractivity contribution in [2.75, 3.05) is 5.75 Å². The molecule has 0 unspecified atom stereocenters. The number of thiol groups is 1. The van der Waals surface area contributed by atoms with Gasteiger partial charge in [-0.05, 0) is 6.92 Å². The van der Waals surface area contributed by atoms with Gasteiger partial charge in [-0.3, -0.25) is 4.79 Å². The van der Waals surface area contributed by atoms with Crippen LogP contribution in [0.4, 0.5) is 0 Å². The molecule has 40 valence electrons. The van der Waals surface area contributed by atoms with Crippen molar-refractivity contribution >= 4 is 35.5 Å². The van der Waals surface area contributed by atoms with Crippen LogP contribution in [0.2, 0.25) is 0 Å². The zero-order valence-corrected chi connectivity index (χ0v) is 5.68. The van der Waals surface area contributed by atoms with Crippen LogP contribution in [-0.4, -0.2) is 16.4 Å². The van der Waals surface area contributed by atoms with E-state index in [-0.39, 0.29) is 5.78 Å². The average Bonchev–Trinajstić information content (AvgIpc) is 1.65. The lowest BCUT2D eigenvalue weighted by atomic mass is 10.3. The highest BCUT2D eigenvalue weighted by Gasteiger charge is 1.96. The smallest absolute Gasteiger partial charge is 0.167 e. The number of carbonyl (C=O) groups is 1. The summed E-state index contributed by atoms with van der Waals surface area (Å²) in [5.41, 5.74) is 0. The Kier molecular flexibility index (Phi) is 3.21. The number of carbonyl (C=O) groups excluding carboxylic acids is 1. The van der Waals surface area contributed by atoms with Gasteiger partial charge >= 0.3 is 0 Å². The standard InChI is InChI=1S/C4H6OS2/c1-3(5)4(7)2-6/h6H,2H2,1H3. The van der Waals surface area contributed by atoms with Gasteiger partial charge in [-0.25, -0.2) is 0 Å². The maximum Gasteiger partial charge on any atom is 0.167 e. The highest BCUT2D eigenvalue weighted by atomic mass is 32.1. The third kappa shape index (κ3) is 2.76. The predicted molar refractivity (Wildman–Crippen MR) is 37.1 cm³/mol. The molecule has 0 aromatic rings. The first kappa shape index (κ1) is 7.11. The molecule has 0 atom stereocenters. The van der Waals surface area contributed by atoms with E-state index in [0.717, 1.165) is 0 Å². The molecule has 0 radical (unpaired) electrons. The molecule has 0 aliphatic rings. The summed E-state index contributed by atoms with van der Waals surface area (Å²) in [6.45, 7) is 1.44. The van der Waals surface area contributed by atoms with Gasteiger partial charge in [0.2, 0.25) is 0 Å². The number of rotatable bonds is 2. The molecule has 0 aliphatic heterocycles. The van der Waals surface area contributed by atoms with Gasteiger partial charge in [-0.2, -0.15) is 12.6 Å². The molecule has 0 saturated carbocycles. The fourth-order valence-electron chi connectivity index (χ4n) is 0.111. The highest BCUT2D eigenvalue weighted by Crippen LogP contribution is 1.82. The Bertz CT molecular complexity index is 97.9. The van der Waals surface area contributed by atoms with Gasteiger partial charge in [0, 0.05) is 5.75 Å². The summed E-state index contributed by atoms with van der Waals surface area (Å²) >= 11 is 8.35.